The van der Waals surface area contributed by atoms with Crippen LogP contribution in [0, 0.1) is 5.41 Å². The molecule has 3 aromatic carbocycles. The van der Waals surface area contributed by atoms with E-state index in [9.17, 15) is 9.59 Å². The largest absolute Gasteiger partial charge is 0.489 e. The highest BCUT2D eigenvalue weighted by atomic mass is 16.5. The molecule has 6 nitrogen and oxygen atoms in total. The van der Waals surface area contributed by atoms with Crippen molar-refractivity contribution in [3.05, 3.63) is 89.0 Å². The van der Waals surface area contributed by atoms with Crippen molar-refractivity contribution in [1.29, 1.82) is 0 Å². The number of carbonyl (C=O) groups is 2. The Balaban J connectivity index is 1.42. The van der Waals surface area contributed by atoms with Gasteiger partial charge in [0.25, 0.3) is 0 Å². The molecule has 7 rings (SSSR count). The van der Waals surface area contributed by atoms with E-state index in [0.717, 1.165) is 46.2 Å². The molecule has 2 N–H and O–H groups in total. The van der Waals surface area contributed by atoms with Gasteiger partial charge in [0.2, 0.25) is 5.91 Å². The fourth-order valence-corrected chi connectivity index (χ4v) is 7.28. The number of rotatable bonds is 6. The number of fused-ring (bicyclic) bond motifs is 7. The summed E-state index contributed by atoms with van der Waals surface area (Å²) < 4.78 is 13.6. The van der Waals surface area contributed by atoms with Crippen molar-refractivity contribution in [2.75, 3.05) is 7.11 Å². The summed E-state index contributed by atoms with van der Waals surface area (Å²) in [6, 6.07) is 22.4. The molecule has 1 amide bonds. The first-order valence-electron chi connectivity index (χ1n) is 14.4. The van der Waals surface area contributed by atoms with Gasteiger partial charge in [0.1, 0.15) is 12.4 Å². The van der Waals surface area contributed by atoms with Gasteiger partial charge in [-0.15, -0.1) is 0 Å². The molecule has 40 heavy (non-hydrogen) atoms. The number of nitrogens with zero attached hydrogens (tertiary/aromatic N) is 1. The molecule has 0 bridgehead atoms. The minimum Gasteiger partial charge on any atom is -0.489 e. The Bertz CT molecular complexity index is 1630. The highest BCUT2D eigenvalue weighted by Gasteiger charge is 2.62. The fraction of sp³-hybridized carbons (Fsp3) is 0.353. The van der Waals surface area contributed by atoms with Gasteiger partial charge in [0, 0.05) is 28.9 Å². The Morgan fingerprint density at radius 2 is 1.80 bits per heavy atom. The van der Waals surface area contributed by atoms with Crippen molar-refractivity contribution in [3.63, 3.8) is 0 Å². The molecule has 0 spiro atoms. The average Bonchev–Trinajstić information content (AvgIpc) is 3.67. The Labute approximate surface area is 234 Å². The molecular weight excluding hydrogens is 500 g/mol. The fourth-order valence-electron chi connectivity index (χ4n) is 7.28. The first-order valence-corrected chi connectivity index (χ1v) is 14.4. The van der Waals surface area contributed by atoms with Gasteiger partial charge in [0.05, 0.1) is 23.8 Å². The van der Waals surface area contributed by atoms with Crippen LogP contribution >= 0.6 is 0 Å². The first-order chi connectivity index (χ1) is 19.5. The van der Waals surface area contributed by atoms with Gasteiger partial charge < -0.3 is 19.8 Å². The van der Waals surface area contributed by atoms with Crippen molar-refractivity contribution < 1.29 is 19.1 Å². The lowest BCUT2D eigenvalue weighted by Crippen LogP contribution is -2.30. The second-order valence-corrected chi connectivity index (χ2v) is 11.7. The third kappa shape index (κ3) is 3.92. The van der Waals surface area contributed by atoms with Crippen LogP contribution in [-0.2, 0) is 22.7 Å². The molecule has 2 aliphatic carbocycles. The van der Waals surface area contributed by atoms with E-state index in [1.807, 2.05) is 36.4 Å². The van der Waals surface area contributed by atoms with Gasteiger partial charge in [-0.05, 0) is 72.2 Å². The number of carbonyl (C=O) groups excluding carboxylic acids is 2. The number of hydrogen-bond donors (Lipinski definition) is 1. The monoisotopic (exact) mass is 534 g/mol. The summed E-state index contributed by atoms with van der Waals surface area (Å²) in [6.07, 6.45) is 6.69. The topological polar surface area (TPSA) is 83.5 Å². The summed E-state index contributed by atoms with van der Waals surface area (Å²) >= 11 is 0. The predicted octanol–water partition coefficient (Wildman–Crippen LogP) is 6.69. The zero-order chi connectivity index (χ0) is 27.4. The number of ether oxygens (including phenoxy) is 2. The van der Waals surface area contributed by atoms with Crippen LogP contribution in [0.5, 0.6) is 5.75 Å². The molecule has 2 fully saturated rings. The van der Waals surface area contributed by atoms with Crippen molar-refractivity contribution in [2.45, 2.75) is 63.5 Å². The molecule has 4 aromatic rings. The number of hydrogen-bond acceptors (Lipinski definition) is 4. The summed E-state index contributed by atoms with van der Waals surface area (Å²) in [6.45, 7) is 0.986. The molecule has 0 radical (unpaired) electrons. The molecule has 0 saturated heterocycles. The quantitative estimate of drug-likeness (QED) is 0.279. The molecule has 2 atom stereocenters. The molecule has 3 aliphatic rings. The van der Waals surface area contributed by atoms with Crippen molar-refractivity contribution >= 4 is 22.8 Å². The van der Waals surface area contributed by atoms with E-state index < -0.39 is 5.41 Å². The number of amides is 1. The molecule has 6 heteroatoms. The molecule has 2 saturated carbocycles. The third-order valence-electron chi connectivity index (χ3n) is 9.45. The Morgan fingerprint density at radius 3 is 2.55 bits per heavy atom. The molecule has 1 aliphatic heterocycles. The molecule has 1 aromatic heterocycles. The minimum absolute atomic E-state index is 0.0400. The molecule has 2 unspecified atom stereocenters. The Morgan fingerprint density at radius 1 is 1.00 bits per heavy atom. The Hall–Kier alpha value is -4.06. The maximum Gasteiger partial charge on any atom is 0.337 e. The van der Waals surface area contributed by atoms with Crippen LogP contribution in [0.15, 0.2) is 66.7 Å². The van der Waals surface area contributed by atoms with E-state index in [0.29, 0.717) is 31.1 Å². The van der Waals surface area contributed by atoms with E-state index in [1.54, 1.807) is 0 Å². The molecular formula is C34H34N2O4. The van der Waals surface area contributed by atoms with Gasteiger partial charge in [-0.1, -0.05) is 55.7 Å². The molecule has 204 valence electrons. The van der Waals surface area contributed by atoms with Gasteiger partial charge in [-0.25, -0.2) is 4.79 Å². The normalized spacial score (nSPS) is 21.6. The summed E-state index contributed by atoms with van der Waals surface area (Å²) in [5, 5.41) is 1.16. The van der Waals surface area contributed by atoms with E-state index >= 15 is 0 Å². The maximum atomic E-state index is 13.1. The number of esters is 1. The zero-order valence-corrected chi connectivity index (χ0v) is 22.8. The predicted molar refractivity (Wildman–Crippen MR) is 154 cm³/mol. The van der Waals surface area contributed by atoms with Crippen LogP contribution in [0.3, 0.4) is 0 Å². The van der Waals surface area contributed by atoms with Gasteiger partial charge in [0.15, 0.2) is 0 Å². The zero-order valence-electron chi connectivity index (χ0n) is 22.8. The van der Waals surface area contributed by atoms with Gasteiger partial charge in [-0.2, -0.15) is 0 Å². The summed E-state index contributed by atoms with van der Waals surface area (Å²) in [5.41, 5.74) is 12.9. The first kappa shape index (κ1) is 24.9. The highest BCUT2D eigenvalue weighted by molar-refractivity contribution is 6.00. The summed E-state index contributed by atoms with van der Waals surface area (Å²) in [5.74, 6) is 0.636. The van der Waals surface area contributed by atoms with Crippen LogP contribution in [-0.4, -0.2) is 23.6 Å². The van der Waals surface area contributed by atoms with Crippen molar-refractivity contribution in [1.82, 2.24) is 4.57 Å². The van der Waals surface area contributed by atoms with Crippen molar-refractivity contribution in [3.8, 4) is 17.0 Å². The van der Waals surface area contributed by atoms with Crippen LogP contribution < -0.4 is 10.5 Å². The van der Waals surface area contributed by atoms with Crippen LogP contribution in [0.25, 0.3) is 22.2 Å². The average molecular weight is 535 g/mol. The smallest absolute Gasteiger partial charge is 0.337 e. The van der Waals surface area contributed by atoms with Gasteiger partial charge in [-0.3, -0.25) is 4.79 Å². The summed E-state index contributed by atoms with van der Waals surface area (Å²) in [4.78, 5) is 25.6. The van der Waals surface area contributed by atoms with E-state index in [1.165, 1.54) is 37.6 Å². The van der Waals surface area contributed by atoms with Crippen LogP contribution in [0.4, 0.5) is 0 Å². The Kier molecular flexibility index (Phi) is 5.95. The van der Waals surface area contributed by atoms with Crippen molar-refractivity contribution in [2.24, 2.45) is 11.1 Å². The SMILES string of the molecule is COC(=O)c1ccc2c(C3CCCCC3)c3n(c2c1)CC1(C(N)=O)CC1c1cc(OCc2ccccc2)ccc1-3. The number of methoxy groups -OCH3 is 1. The standard InChI is InChI=1S/C34H34N2O4/c1-39-32(37)23-12-14-26-29(16-23)36-20-34(33(35)38)18-28(34)27-17-24(40-19-21-8-4-2-5-9-21)13-15-25(27)31(36)30(26)22-10-6-3-7-11-22/h2,4-5,8-9,12-17,22,28H,3,6-7,10-11,18-20H2,1H3,(H2,35,38). The highest BCUT2D eigenvalue weighted by Crippen LogP contribution is 2.65. The number of nitrogens with two attached hydrogens (primary N) is 1. The molecule has 2 heterocycles. The van der Waals surface area contributed by atoms with Crippen LogP contribution in [0.2, 0.25) is 0 Å². The van der Waals surface area contributed by atoms with Gasteiger partial charge >= 0.3 is 5.97 Å². The van der Waals surface area contributed by atoms with E-state index in [2.05, 4.69) is 34.9 Å². The third-order valence-corrected chi connectivity index (χ3v) is 9.45. The lowest BCUT2D eigenvalue weighted by atomic mass is 9.81. The summed E-state index contributed by atoms with van der Waals surface area (Å²) in [7, 11) is 1.41. The lowest BCUT2D eigenvalue weighted by molar-refractivity contribution is -0.123. The number of benzene rings is 3. The minimum atomic E-state index is -0.658. The lowest BCUT2D eigenvalue weighted by Gasteiger charge is -2.24. The number of aromatic nitrogens is 1. The second-order valence-electron chi connectivity index (χ2n) is 11.7. The maximum absolute atomic E-state index is 13.1. The van der Waals surface area contributed by atoms with Crippen LogP contribution in [0.1, 0.15) is 77.4 Å². The number of primary amides is 1. The van der Waals surface area contributed by atoms with E-state index in [4.69, 9.17) is 15.2 Å². The van der Waals surface area contributed by atoms with E-state index in [-0.39, 0.29) is 17.8 Å². The second kappa shape index (κ2) is 9.54.